The molecule has 0 aliphatic rings. The number of aliphatic hydroxyl groups is 1. The fraction of sp³-hybridized carbons (Fsp3) is 0.538. The van der Waals surface area contributed by atoms with Gasteiger partial charge in [0, 0.05) is 6.26 Å². The number of rotatable bonds is 5. The van der Waals surface area contributed by atoms with Crippen molar-refractivity contribution in [1.29, 1.82) is 0 Å². The van der Waals surface area contributed by atoms with Gasteiger partial charge < -0.3 is 5.11 Å². The van der Waals surface area contributed by atoms with E-state index in [1.54, 1.807) is 24.3 Å². The molecule has 0 aromatic heterocycles. The molecule has 96 valence electrons. The summed E-state index contributed by atoms with van der Waals surface area (Å²) in [6, 6.07) is 6.54. The summed E-state index contributed by atoms with van der Waals surface area (Å²) in [5.74, 6) is 0.530. The first-order valence-electron chi connectivity index (χ1n) is 5.79. The second kappa shape index (κ2) is 5.65. The molecule has 0 aliphatic heterocycles. The van der Waals surface area contributed by atoms with Crippen molar-refractivity contribution < 1.29 is 13.5 Å². The lowest BCUT2D eigenvalue weighted by molar-refractivity contribution is 0.159. The van der Waals surface area contributed by atoms with Crippen LogP contribution >= 0.6 is 0 Å². The van der Waals surface area contributed by atoms with Crippen LogP contribution in [0.4, 0.5) is 0 Å². The molecule has 1 N–H and O–H groups in total. The molecule has 1 atom stereocenters. The maximum absolute atomic E-state index is 11.4. The lowest BCUT2D eigenvalue weighted by Gasteiger charge is -2.13. The Labute approximate surface area is 103 Å². The van der Waals surface area contributed by atoms with Crippen LogP contribution in [-0.4, -0.2) is 19.8 Å². The zero-order valence-corrected chi connectivity index (χ0v) is 11.4. The van der Waals surface area contributed by atoms with Crippen LogP contribution in [0, 0.1) is 5.92 Å². The van der Waals surface area contributed by atoms with Crippen molar-refractivity contribution in [1.82, 2.24) is 0 Å². The monoisotopic (exact) mass is 256 g/mol. The molecule has 0 saturated heterocycles. The molecule has 0 heterocycles. The van der Waals surface area contributed by atoms with E-state index < -0.39 is 15.9 Å². The largest absolute Gasteiger partial charge is 0.388 e. The van der Waals surface area contributed by atoms with E-state index in [2.05, 4.69) is 13.8 Å². The zero-order chi connectivity index (χ0) is 13.1. The van der Waals surface area contributed by atoms with Crippen LogP contribution in [0.5, 0.6) is 0 Å². The summed E-state index contributed by atoms with van der Waals surface area (Å²) in [7, 11) is -3.20. The molecule has 4 heteroatoms. The lowest BCUT2D eigenvalue weighted by atomic mass is 10.00. The molecule has 0 amide bonds. The van der Waals surface area contributed by atoms with E-state index in [0.29, 0.717) is 17.9 Å². The Bertz CT molecular complexity index is 463. The van der Waals surface area contributed by atoms with Crippen molar-refractivity contribution in [2.45, 2.75) is 37.7 Å². The van der Waals surface area contributed by atoms with Crippen LogP contribution in [0.3, 0.4) is 0 Å². The van der Waals surface area contributed by atoms with Gasteiger partial charge in [0.15, 0.2) is 9.84 Å². The average Bonchev–Trinajstić information content (AvgIpc) is 2.25. The summed E-state index contributed by atoms with van der Waals surface area (Å²) in [6.07, 6.45) is 2.17. The van der Waals surface area contributed by atoms with Gasteiger partial charge in [-0.25, -0.2) is 8.42 Å². The summed E-state index contributed by atoms with van der Waals surface area (Å²) in [6.45, 7) is 4.19. The Kier molecular flexibility index (Phi) is 4.71. The summed E-state index contributed by atoms with van der Waals surface area (Å²) >= 11 is 0. The molecule has 17 heavy (non-hydrogen) atoms. The molecule has 1 aromatic carbocycles. The molecule has 1 unspecified atom stereocenters. The zero-order valence-electron chi connectivity index (χ0n) is 10.6. The second-order valence-electron chi connectivity index (χ2n) is 4.83. The maximum Gasteiger partial charge on any atom is 0.175 e. The summed E-state index contributed by atoms with van der Waals surface area (Å²) in [4.78, 5) is 0.263. The fourth-order valence-electron chi connectivity index (χ4n) is 1.61. The van der Waals surface area contributed by atoms with E-state index in [9.17, 15) is 13.5 Å². The standard InChI is InChI=1S/C13H20O3S/c1-10(2)7-8-13(14)11-5-4-6-12(9-11)17(3,15)16/h4-6,9-10,13-14H,7-8H2,1-3H3. The van der Waals surface area contributed by atoms with Gasteiger partial charge in [-0.15, -0.1) is 0 Å². The molecule has 1 aromatic rings. The smallest absolute Gasteiger partial charge is 0.175 e. The van der Waals surface area contributed by atoms with Crippen molar-refractivity contribution in [3.63, 3.8) is 0 Å². The first-order chi connectivity index (χ1) is 7.80. The van der Waals surface area contributed by atoms with Gasteiger partial charge in [0.2, 0.25) is 0 Å². The summed E-state index contributed by atoms with van der Waals surface area (Å²) < 4.78 is 22.8. The van der Waals surface area contributed by atoms with Gasteiger partial charge in [-0.2, -0.15) is 0 Å². The van der Waals surface area contributed by atoms with Crippen molar-refractivity contribution in [2.75, 3.05) is 6.26 Å². The molecule has 1 rings (SSSR count). The number of sulfone groups is 1. The third kappa shape index (κ3) is 4.48. The molecule has 0 fully saturated rings. The SMILES string of the molecule is CC(C)CCC(O)c1cccc(S(C)(=O)=O)c1. The van der Waals surface area contributed by atoms with Crippen molar-refractivity contribution in [3.05, 3.63) is 29.8 Å². The van der Waals surface area contributed by atoms with Crippen LogP contribution in [0.1, 0.15) is 38.4 Å². The molecule has 3 nitrogen and oxygen atoms in total. The van der Waals surface area contributed by atoms with E-state index >= 15 is 0 Å². The Hall–Kier alpha value is -0.870. The van der Waals surface area contributed by atoms with Gasteiger partial charge in [-0.05, 0) is 36.5 Å². The van der Waals surface area contributed by atoms with Gasteiger partial charge >= 0.3 is 0 Å². The van der Waals surface area contributed by atoms with Crippen molar-refractivity contribution in [3.8, 4) is 0 Å². The number of aliphatic hydroxyl groups excluding tert-OH is 1. The minimum Gasteiger partial charge on any atom is -0.388 e. The van der Waals surface area contributed by atoms with Crippen molar-refractivity contribution in [2.24, 2.45) is 5.92 Å². The van der Waals surface area contributed by atoms with E-state index in [0.717, 1.165) is 6.42 Å². The summed E-state index contributed by atoms with van der Waals surface area (Å²) in [5.41, 5.74) is 0.675. The topological polar surface area (TPSA) is 54.4 Å². The fourth-order valence-corrected chi connectivity index (χ4v) is 2.29. The van der Waals surface area contributed by atoms with E-state index in [1.165, 1.54) is 6.26 Å². The van der Waals surface area contributed by atoms with E-state index in [1.807, 2.05) is 0 Å². The second-order valence-corrected chi connectivity index (χ2v) is 6.85. The highest BCUT2D eigenvalue weighted by Crippen LogP contribution is 2.23. The Morgan fingerprint density at radius 2 is 1.88 bits per heavy atom. The van der Waals surface area contributed by atoms with E-state index in [-0.39, 0.29) is 4.90 Å². The first-order valence-corrected chi connectivity index (χ1v) is 7.68. The predicted octanol–water partition coefficient (Wildman–Crippen LogP) is 2.56. The van der Waals surface area contributed by atoms with Gasteiger partial charge in [0.25, 0.3) is 0 Å². The predicted molar refractivity (Wildman–Crippen MR) is 68.6 cm³/mol. The number of benzene rings is 1. The molecule has 0 saturated carbocycles. The van der Waals surface area contributed by atoms with Gasteiger partial charge in [-0.1, -0.05) is 26.0 Å². The van der Waals surface area contributed by atoms with Crippen molar-refractivity contribution >= 4 is 9.84 Å². The first kappa shape index (κ1) is 14.2. The highest BCUT2D eigenvalue weighted by Gasteiger charge is 2.12. The normalized spacial score (nSPS) is 13.9. The highest BCUT2D eigenvalue weighted by molar-refractivity contribution is 7.90. The lowest BCUT2D eigenvalue weighted by Crippen LogP contribution is -2.03. The van der Waals surface area contributed by atoms with Gasteiger partial charge in [0.05, 0.1) is 11.0 Å². The Balaban J connectivity index is 2.85. The Morgan fingerprint density at radius 1 is 1.24 bits per heavy atom. The minimum absolute atomic E-state index is 0.263. The van der Waals surface area contributed by atoms with Gasteiger partial charge in [-0.3, -0.25) is 0 Å². The molecule has 0 spiro atoms. The Morgan fingerprint density at radius 3 is 2.41 bits per heavy atom. The quantitative estimate of drug-likeness (QED) is 0.881. The van der Waals surface area contributed by atoms with Crippen LogP contribution in [0.15, 0.2) is 29.2 Å². The van der Waals surface area contributed by atoms with E-state index in [4.69, 9.17) is 0 Å². The minimum atomic E-state index is -3.20. The molecule has 0 radical (unpaired) electrons. The summed E-state index contributed by atoms with van der Waals surface area (Å²) in [5, 5.41) is 9.96. The number of hydrogen-bond acceptors (Lipinski definition) is 3. The maximum atomic E-state index is 11.4. The third-order valence-corrected chi connectivity index (χ3v) is 3.80. The van der Waals surface area contributed by atoms with Crippen LogP contribution < -0.4 is 0 Å². The molecule has 0 bridgehead atoms. The van der Waals surface area contributed by atoms with Crippen LogP contribution in [-0.2, 0) is 9.84 Å². The average molecular weight is 256 g/mol. The van der Waals surface area contributed by atoms with Crippen LogP contribution in [0.25, 0.3) is 0 Å². The van der Waals surface area contributed by atoms with Crippen LogP contribution in [0.2, 0.25) is 0 Å². The molecular weight excluding hydrogens is 236 g/mol. The molecular formula is C13H20O3S. The third-order valence-electron chi connectivity index (χ3n) is 2.69. The van der Waals surface area contributed by atoms with Gasteiger partial charge in [0.1, 0.15) is 0 Å². The molecule has 0 aliphatic carbocycles. The number of hydrogen-bond donors (Lipinski definition) is 1. The highest BCUT2D eigenvalue weighted by atomic mass is 32.2.